The molecule has 1 nitrogen and oxygen atoms in total. The standard InChI is InChI=1S/C14H22FN/c1-11(2)7-13(10-16-3)8-12-5-4-6-14(15)9-12/h4-6,9,11,13,16H,7-8,10H2,1-3H3. The van der Waals surface area contributed by atoms with E-state index in [1.54, 1.807) is 12.1 Å². The number of hydrogen-bond acceptors (Lipinski definition) is 1. The lowest BCUT2D eigenvalue weighted by Crippen LogP contribution is -2.22. The van der Waals surface area contributed by atoms with Crippen LogP contribution in [0.3, 0.4) is 0 Å². The Morgan fingerprint density at radius 2 is 2.06 bits per heavy atom. The van der Waals surface area contributed by atoms with Crippen molar-refractivity contribution in [3.63, 3.8) is 0 Å². The Morgan fingerprint density at radius 3 is 2.62 bits per heavy atom. The number of hydrogen-bond donors (Lipinski definition) is 1. The molecule has 0 bridgehead atoms. The van der Waals surface area contributed by atoms with E-state index in [-0.39, 0.29) is 5.82 Å². The molecule has 1 unspecified atom stereocenters. The molecule has 1 rings (SSSR count). The summed E-state index contributed by atoms with van der Waals surface area (Å²) in [7, 11) is 1.97. The van der Waals surface area contributed by atoms with Crippen molar-refractivity contribution < 1.29 is 4.39 Å². The Morgan fingerprint density at radius 1 is 1.31 bits per heavy atom. The van der Waals surface area contributed by atoms with Crippen molar-refractivity contribution in [1.82, 2.24) is 5.32 Å². The molecule has 1 aromatic carbocycles. The second-order valence-corrected chi connectivity index (χ2v) is 4.89. The summed E-state index contributed by atoms with van der Waals surface area (Å²) >= 11 is 0. The lowest BCUT2D eigenvalue weighted by Gasteiger charge is -2.18. The molecule has 0 aliphatic heterocycles. The molecule has 0 saturated heterocycles. The predicted octanol–water partition coefficient (Wildman–Crippen LogP) is 3.25. The zero-order chi connectivity index (χ0) is 12.0. The Balaban J connectivity index is 2.60. The SMILES string of the molecule is CNCC(Cc1cccc(F)c1)CC(C)C. The van der Waals surface area contributed by atoms with Crippen LogP contribution in [0.5, 0.6) is 0 Å². The molecule has 1 N–H and O–H groups in total. The average Bonchev–Trinajstić information content (AvgIpc) is 2.16. The van der Waals surface area contributed by atoms with E-state index in [1.807, 2.05) is 13.1 Å². The van der Waals surface area contributed by atoms with Crippen LogP contribution in [0.1, 0.15) is 25.8 Å². The van der Waals surface area contributed by atoms with Gasteiger partial charge in [-0.3, -0.25) is 0 Å². The van der Waals surface area contributed by atoms with Crippen LogP contribution in [0.25, 0.3) is 0 Å². The molecule has 1 atom stereocenters. The van der Waals surface area contributed by atoms with Crippen LogP contribution in [0.4, 0.5) is 4.39 Å². The van der Waals surface area contributed by atoms with E-state index in [2.05, 4.69) is 19.2 Å². The molecule has 1 aromatic rings. The van der Waals surface area contributed by atoms with Crippen molar-refractivity contribution in [3.05, 3.63) is 35.6 Å². The van der Waals surface area contributed by atoms with Gasteiger partial charge in [-0.2, -0.15) is 0 Å². The molecule has 2 heteroatoms. The molecule has 0 saturated carbocycles. The first-order valence-electron chi connectivity index (χ1n) is 6.01. The van der Waals surface area contributed by atoms with Gasteiger partial charge in [0.05, 0.1) is 0 Å². The van der Waals surface area contributed by atoms with Gasteiger partial charge in [0.2, 0.25) is 0 Å². The maximum atomic E-state index is 13.1. The Bertz CT molecular complexity index is 309. The summed E-state index contributed by atoms with van der Waals surface area (Å²) < 4.78 is 13.1. The molecule has 0 spiro atoms. The molecule has 0 aliphatic carbocycles. The van der Waals surface area contributed by atoms with Gasteiger partial charge in [-0.25, -0.2) is 4.39 Å². The minimum absolute atomic E-state index is 0.134. The fraction of sp³-hybridized carbons (Fsp3) is 0.571. The minimum atomic E-state index is -0.134. The summed E-state index contributed by atoms with van der Waals surface area (Å²) in [6, 6.07) is 6.94. The van der Waals surface area contributed by atoms with Gasteiger partial charge in [-0.05, 0) is 56.0 Å². The van der Waals surface area contributed by atoms with Gasteiger partial charge in [0.1, 0.15) is 5.82 Å². The molecule has 0 aromatic heterocycles. The highest BCUT2D eigenvalue weighted by molar-refractivity contribution is 5.16. The van der Waals surface area contributed by atoms with Crippen molar-refractivity contribution in [2.24, 2.45) is 11.8 Å². The topological polar surface area (TPSA) is 12.0 Å². The minimum Gasteiger partial charge on any atom is -0.319 e. The predicted molar refractivity (Wildman–Crippen MR) is 67.0 cm³/mol. The summed E-state index contributed by atoms with van der Waals surface area (Å²) in [5, 5.41) is 3.21. The first-order valence-corrected chi connectivity index (χ1v) is 6.01. The summed E-state index contributed by atoms with van der Waals surface area (Å²) in [6.45, 7) is 5.46. The van der Waals surface area contributed by atoms with Crippen molar-refractivity contribution >= 4 is 0 Å². The van der Waals surface area contributed by atoms with Gasteiger partial charge in [-0.1, -0.05) is 26.0 Å². The van der Waals surface area contributed by atoms with E-state index >= 15 is 0 Å². The highest BCUT2D eigenvalue weighted by Gasteiger charge is 2.11. The molecular formula is C14H22FN. The smallest absolute Gasteiger partial charge is 0.123 e. The summed E-state index contributed by atoms with van der Waals surface area (Å²) in [5.74, 6) is 1.14. The molecule has 90 valence electrons. The second-order valence-electron chi connectivity index (χ2n) is 4.89. The highest BCUT2D eigenvalue weighted by atomic mass is 19.1. The lowest BCUT2D eigenvalue weighted by molar-refractivity contribution is 0.395. The van der Waals surface area contributed by atoms with Gasteiger partial charge < -0.3 is 5.32 Å². The van der Waals surface area contributed by atoms with Crippen LogP contribution in [-0.2, 0) is 6.42 Å². The zero-order valence-electron chi connectivity index (χ0n) is 10.5. The van der Waals surface area contributed by atoms with Crippen molar-refractivity contribution in [1.29, 1.82) is 0 Å². The van der Waals surface area contributed by atoms with Crippen LogP contribution in [0.15, 0.2) is 24.3 Å². The van der Waals surface area contributed by atoms with Gasteiger partial charge in [0.15, 0.2) is 0 Å². The van der Waals surface area contributed by atoms with E-state index in [9.17, 15) is 4.39 Å². The van der Waals surface area contributed by atoms with Crippen LogP contribution in [-0.4, -0.2) is 13.6 Å². The van der Waals surface area contributed by atoms with Gasteiger partial charge >= 0.3 is 0 Å². The summed E-state index contributed by atoms with van der Waals surface area (Å²) in [6.07, 6.45) is 2.13. The third-order valence-electron chi connectivity index (χ3n) is 2.71. The third kappa shape index (κ3) is 4.75. The van der Waals surface area contributed by atoms with E-state index in [0.29, 0.717) is 11.8 Å². The number of benzene rings is 1. The van der Waals surface area contributed by atoms with Crippen molar-refractivity contribution in [3.8, 4) is 0 Å². The molecule has 0 aliphatic rings. The number of rotatable bonds is 6. The number of nitrogens with one attached hydrogen (secondary N) is 1. The molecule has 0 amide bonds. The fourth-order valence-electron chi connectivity index (χ4n) is 2.19. The number of halogens is 1. The summed E-state index contributed by atoms with van der Waals surface area (Å²) in [5.41, 5.74) is 1.10. The van der Waals surface area contributed by atoms with E-state index < -0.39 is 0 Å². The maximum Gasteiger partial charge on any atom is 0.123 e. The normalized spacial score (nSPS) is 13.1. The first-order chi connectivity index (χ1) is 7.61. The van der Waals surface area contributed by atoms with Crippen LogP contribution in [0.2, 0.25) is 0 Å². The average molecular weight is 223 g/mol. The molecule has 16 heavy (non-hydrogen) atoms. The molecule has 0 fully saturated rings. The van der Waals surface area contributed by atoms with E-state index in [1.165, 1.54) is 12.5 Å². The van der Waals surface area contributed by atoms with Gasteiger partial charge in [0.25, 0.3) is 0 Å². The van der Waals surface area contributed by atoms with Gasteiger partial charge in [0, 0.05) is 0 Å². The van der Waals surface area contributed by atoms with E-state index in [4.69, 9.17) is 0 Å². The Kier molecular flexibility index (Phi) is 5.47. The zero-order valence-corrected chi connectivity index (χ0v) is 10.5. The summed E-state index contributed by atoms with van der Waals surface area (Å²) in [4.78, 5) is 0. The lowest BCUT2D eigenvalue weighted by atomic mass is 9.91. The molecular weight excluding hydrogens is 201 g/mol. The van der Waals surface area contributed by atoms with Crippen LogP contribution < -0.4 is 5.32 Å². The van der Waals surface area contributed by atoms with Crippen molar-refractivity contribution in [2.45, 2.75) is 26.7 Å². The van der Waals surface area contributed by atoms with E-state index in [0.717, 1.165) is 18.5 Å². The van der Waals surface area contributed by atoms with Crippen LogP contribution >= 0.6 is 0 Å². The highest BCUT2D eigenvalue weighted by Crippen LogP contribution is 2.17. The Labute approximate surface area is 98.1 Å². The van der Waals surface area contributed by atoms with Gasteiger partial charge in [-0.15, -0.1) is 0 Å². The quantitative estimate of drug-likeness (QED) is 0.780. The largest absolute Gasteiger partial charge is 0.319 e. The third-order valence-corrected chi connectivity index (χ3v) is 2.71. The molecule has 0 heterocycles. The second kappa shape index (κ2) is 6.64. The fourth-order valence-corrected chi connectivity index (χ4v) is 2.19. The van der Waals surface area contributed by atoms with Crippen LogP contribution in [0, 0.1) is 17.7 Å². The Hall–Kier alpha value is -0.890. The molecule has 0 radical (unpaired) electrons. The monoisotopic (exact) mass is 223 g/mol. The van der Waals surface area contributed by atoms with Crippen molar-refractivity contribution in [2.75, 3.05) is 13.6 Å². The maximum absolute atomic E-state index is 13.1. The first kappa shape index (κ1) is 13.2.